The van der Waals surface area contributed by atoms with Gasteiger partial charge in [0.2, 0.25) is 0 Å². The maximum Gasteiger partial charge on any atom is 0.251 e. The lowest BCUT2D eigenvalue weighted by Gasteiger charge is -2.06. The molecular formula is C20H19NOS. The van der Waals surface area contributed by atoms with E-state index < -0.39 is 0 Å². The van der Waals surface area contributed by atoms with Crippen LogP contribution in [-0.2, 0) is 5.75 Å². The Morgan fingerprint density at radius 1 is 0.870 bits per heavy atom. The van der Waals surface area contributed by atoms with Gasteiger partial charge >= 0.3 is 0 Å². The third kappa shape index (κ3) is 4.36. The zero-order valence-corrected chi connectivity index (χ0v) is 13.7. The Morgan fingerprint density at radius 3 is 2.43 bits per heavy atom. The third-order valence-corrected chi connectivity index (χ3v) is 4.69. The summed E-state index contributed by atoms with van der Waals surface area (Å²) in [6, 6.07) is 24.3. The SMILES string of the molecule is O=C(NCCSCc1ccccc1)c1ccc2ccccc2c1. The van der Waals surface area contributed by atoms with Crippen molar-refractivity contribution in [3.8, 4) is 0 Å². The lowest BCUT2D eigenvalue weighted by molar-refractivity contribution is 0.0956. The maximum atomic E-state index is 12.2. The molecule has 0 aliphatic carbocycles. The molecule has 0 spiro atoms. The summed E-state index contributed by atoms with van der Waals surface area (Å²) in [7, 11) is 0. The van der Waals surface area contributed by atoms with Gasteiger partial charge in [0, 0.05) is 23.6 Å². The molecule has 116 valence electrons. The van der Waals surface area contributed by atoms with Crippen molar-refractivity contribution < 1.29 is 4.79 Å². The molecule has 3 rings (SSSR count). The Labute approximate surface area is 140 Å². The first kappa shape index (κ1) is 15.6. The Morgan fingerprint density at radius 2 is 1.61 bits per heavy atom. The monoisotopic (exact) mass is 321 g/mol. The first-order chi connectivity index (χ1) is 11.3. The van der Waals surface area contributed by atoms with Crippen molar-refractivity contribution in [3.63, 3.8) is 0 Å². The van der Waals surface area contributed by atoms with Crippen LogP contribution in [0.5, 0.6) is 0 Å². The number of hydrogen-bond donors (Lipinski definition) is 1. The smallest absolute Gasteiger partial charge is 0.251 e. The highest BCUT2D eigenvalue weighted by molar-refractivity contribution is 7.98. The van der Waals surface area contributed by atoms with Gasteiger partial charge in [-0.15, -0.1) is 0 Å². The zero-order chi connectivity index (χ0) is 15.9. The predicted molar refractivity (Wildman–Crippen MR) is 98.9 cm³/mol. The van der Waals surface area contributed by atoms with Gasteiger partial charge in [-0.2, -0.15) is 11.8 Å². The number of hydrogen-bond acceptors (Lipinski definition) is 2. The van der Waals surface area contributed by atoms with E-state index in [0.29, 0.717) is 6.54 Å². The Balaban J connectivity index is 1.47. The number of nitrogens with one attached hydrogen (secondary N) is 1. The van der Waals surface area contributed by atoms with Crippen molar-refractivity contribution >= 4 is 28.4 Å². The second-order valence-corrected chi connectivity index (χ2v) is 6.46. The van der Waals surface area contributed by atoms with Crippen LogP contribution < -0.4 is 5.32 Å². The topological polar surface area (TPSA) is 29.1 Å². The number of fused-ring (bicyclic) bond motifs is 1. The predicted octanol–water partition coefficient (Wildman–Crippen LogP) is 4.50. The van der Waals surface area contributed by atoms with E-state index in [0.717, 1.165) is 27.8 Å². The van der Waals surface area contributed by atoms with Gasteiger partial charge in [0.25, 0.3) is 5.91 Å². The van der Waals surface area contributed by atoms with Crippen molar-refractivity contribution in [2.45, 2.75) is 5.75 Å². The minimum absolute atomic E-state index is 0.00364. The van der Waals surface area contributed by atoms with E-state index in [9.17, 15) is 4.79 Å². The van der Waals surface area contributed by atoms with Gasteiger partial charge in [-0.05, 0) is 28.5 Å². The van der Waals surface area contributed by atoms with Crippen molar-refractivity contribution in [2.24, 2.45) is 0 Å². The summed E-state index contributed by atoms with van der Waals surface area (Å²) in [5.74, 6) is 1.89. The molecule has 0 aromatic heterocycles. The summed E-state index contributed by atoms with van der Waals surface area (Å²) < 4.78 is 0. The van der Waals surface area contributed by atoms with Gasteiger partial charge in [-0.1, -0.05) is 60.7 Å². The highest BCUT2D eigenvalue weighted by Gasteiger charge is 2.05. The van der Waals surface area contributed by atoms with Crippen LogP contribution in [0.1, 0.15) is 15.9 Å². The second kappa shape index (κ2) is 7.84. The molecule has 0 unspecified atom stereocenters. The second-order valence-electron chi connectivity index (χ2n) is 5.36. The fourth-order valence-corrected chi connectivity index (χ4v) is 3.25. The molecule has 0 radical (unpaired) electrons. The van der Waals surface area contributed by atoms with E-state index in [4.69, 9.17) is 0 Å². The lowest BCUT2D eigenvalue weighted by atomic mass is 10.1. The van der Waals surface area contributed by atoms with Gasteiger partial charge in [-0.3, -0.25) is 4.79 Å². The first-order valence-electron chi connectivity index (χ1n) is 7.71. The first-order valence-corrected chi connectivity index (χ1v) is 8.87. The Hall–Kier alpha value is -2.26. The van der Waals surface area contributed by atoms with Crippen LogP contribution in [0, 0.1) is 0 Å². The molecule has 0 saturated carbocycles. The summed E-state index contributed by atoms with van der Waals surface area (Å²) in [6.45, 7) is 0.684. The van der Waals surface area contributed by atoms with E-state index in [1.807, 2.05) is 54.2 Å². The fourth-order valence-electron chi connectivity index (χ4n) is 2.43. The highest BCUT2D eigenvalue weighted by Crippen LogP contribution is 2.15. The molecule has 0 aliphatic heterocycles. The number of benzene rings is 3. The van der Waals surface area contributed by atoms with Crippen molar-refractivity contribution in [3.05, 3.63) is 83.9 Å². The quantitative estimate of drug-likeness (QED) is 0.677. The summed E-state index contributed by atoms with van der Waals surface area (Å²) in [6.07, 6.45) is 0. The van der Waals surface area contributed by atoms with Crippen molar-refractivity contribution in [2.75, 3.05) is 12.3 Å². The summed E-state index contributed by atoms with van der Waals surface area (Å²) in [5, 5.41) is 5.24. The van der Waals surface area contributed by atoms with Crippen LogP contribution in [0.25, 0.3) is 10.8 Å². The molecule has 1 N–H and O–H groups in total. The van der Waals surface area contributed by atoms with Crippen LogP contribution >= 0.6 is 11.8 Å². The van der Waals surface area contributed by atoms with E-state index >= 15 is 0 Å². The van der Waals surface area contributed by atoms with Crippen molar-refractivity contribution in [1.29, 1.82) is 0 Å². The van der Waals surface area contributed by atoms with E-state index in [1.54, 1.807) is 0 Å². The van der Waals surface area contributed by atoms with Gasteiger partial charge in [0.1, 0.15) is 0 Å². The van der Waals surface area contributed by atoms with Crippen molar-refractivity contribution in [1.82, 2.24) is 5.32 Å². The Bertz CT molecular complexity index is 786. The molecule has 3 heteroatoms. The Kier molecular flexibility index (Phi) is 5.33. The van der Waals surface area contributed by atoms with Crippen LogP contribution in [0.15, 0.2) is 72.8 Å². The van der Waals surface area contributed by atoms with Gasteiger partial charge < -0.3 is 5.32 Å². The molecule has 0 atom stereocenters. The normalized spacial score (nSPS) is 10.6. The maximum absolute atomic E-state index is 12.2. The summed E-state index contributed by atoms with van der Waals surface area (Å²) in [5.41, 5.74) is 2.04. The van der Waals surface area contributed by atoms with Crippen LogP contribution in [0.2, 0.25) is 0 Å². The molecule has 1 amide bonds. The molecule has 0 aliphatic rings. The number of rotatable bonds is 6. The molecule has 0 heterocycles. The average molecular weight is 321 g/mol. The fraction of sp³-hybridized carbons (Fsp3) is 0.150. The molecule has 23 heavy (non-hydrogen) atoms. The molecule has 0 bridgehead atoms. The van der Waals surface area contributed by atoms with Gasteiger partial charge in [0.15, 0.2) is 0 Å². The average Bonchev–Trinajstić information content (AvgIpc) is 2.61. The molecule has 0 fully saturated rings. The standard InChI is InChI=1S/C20H19NOS/c22-20(19-11-10-17-8-4-5-9-18(17)14-19)21-12-13-23-15-16-6-2-1-3-7-16/h1-11,14H,12-13,15H2,(H,21,22). The molecule has 0 saturated heterocycles. The molecule has 2 nitrogen and oxygen atoms in total. The van der Waals surface area contributed by atoms with Crippen LogP contribution in [0.3, 0.4) is 0 Å². The highest BCUT2D eigenvalue weighted by atomic mass is 32.2. The number of carbonyl (C=O) groups excluding carboxylic acids is 1. The van der Waals surface area contributed by atoms with E-state index in [1.165, 1.54) is 5.56 Å². The zero-order valence-electron chi connectivity index (χ0n) is 12.9. The van der Waals surface area contributed by atoms with E-state index in [-0.39, 0.29) is 5.91 Å². The lowest BCUT2D eigenvalue weighted by Crippen LogP contribution is -2.25. The molecule has 3 aromatic carbocycles. The van der Waals surface area contributed by atoms with E-state index in [2.05, 4.69) is 35.6 Å². The summed E-state index contributed by atoms with van der Waals surface area (Å²) >= 11 is 1.83. The molecular weight excluding hydrogens is 302 g/mol. The number of carbonyl (C=O) groups is 1. The minimum Gasteiger partial charge on any atom is -0.351 e. The van der Waals surface area contributed by atoms with Crippen LogP contribution in [-0.4, -0.2) is 18.2 Å². The number of thioether (sulfide) groups is 1. The molecule has 3 aromatic rings. The van der Waals surface area contributed by atoms with Gasteiger partial charge in [-0.25, -0.2) is 0 Å². The van der Waals surface area contributed by atoms with Gasteiger partial charge in [0.05, 0.1) is 0 Å². The third-order valence-electron chi connectivity index (χ3n) is 3.66. The number of amides is 1. The largest absolute Gasteiger partial charge is 0.351 e. The minimum atomic E-state index is -0.00364. The van der Waals surface area contributed by atoms with Crippen LogP contribution in [0.4, 0.5) is 0 Å². The summed E-state index contributed by atoms with van der Waals surface area (Å²) in [4.78, 5) is 12.2.